The van der Waals surface area contributed by atoms with Gasteiger partial charge in [0.15, 0.2) is 11.3 Å². The Bertz CT molecular complexity index is 741. The highest BCUT2D eigenvalue weighted by Gasteiger charge is 2.14. The lowest BCUT2D eigenvalue weighted by Crippen LogP contribution is -2.06. The molecule has 0 saturated carbocycles. The Morgan fingerprint density at radius 2 is 1.64 bits per heavy atom. The molecular weight excluding hydrogens is 278 g/mol. The van der Waals surface area contributed by atoms with Gasteiger partial charge in [0.1, 0.15) is 11.8 Å². The third kappa shape index (κ3) is 4.09. The summed E-state index contributed by atoms with van der Waals surface area (Å²) in [6.45, 7) is 0. The summed E-state index contributed by atoms with van der Waals surface area (Å²) in [5, 5.41) is 18.2. The molecule has 2 aromatic carbocycles. The second kappa shape index (κ2) is 7.46. The third-order valence-electron chi connectivity index (χ3n) is 2.77. The van der Waals surface area contributed by atoms with Gasteiger partial charge >= 0.3 is 5.97 Å². The quantitative estimate of drug-likeness (QED) is 0.395. The van der Waals surface area contributed by atoms with Crippen LogP contribution in [0.5, 0.6) is 5.75 Å². The molecule has 0 atom stereocenters. The van der Waals surface area contributed by atoms with E-state index < -0.39 is 11.5 Å². The Labute approximate surface area is 128 Å². The second-order valence-electron chi connectivity index (χ2n) is 4.32. The van der Waals surface area contributed by atoms with Crippen molar-refractivity contribution in [1.29, 1.82) is 5.26 Å². The van der Waals surface area contributed by atoms with Crippen molar-refractivity contribution in [2.75, 3.05) is 0 Å². The van der Waals surface area contributed by atoms with Gasteiger partial charge in [-0.15, -0.1) is 0 Å². The van der Waals surface area contributed by atoms with Crippen LogP contribution in [0.1, 0.15) is 5.56 Å². The molecule has 0 amide bonds. The van der Waals surface area contributed by atoms with E-state index in [-0.39, 0.29) is 5.76 Å². The number of ether oxygens (including phenoxy) is 1. The normalized spacial score (nSPS) is 11.6. The molecule has 2 aromatic rings. The summed E-state index contributed by atoms with van der Waals surface area (Å²) in [6.07, 6.45) is 3.17. The zero-order valence-electron chi connectivity index (χ0n) is 11.6. The lowest BCUT2D eigenvalue weighted by molar-refractivity contribution is -0.132. The van der Waals surface area contributed by atoms with Crippen molar-refractivity contribution in [2.24, 2.45) is 0 Å². The van der Waals surface area contributed by atoms with Gasteiger partial charge in [0, 0.05) is 0 Å². The molecule has 4 nitrogen and oxygen atoms in total. The molecule has 0 aliphatic heterocycles. The average Bonchev–Trinajstić information content (AvgIpc) is 2.54. The van der Waals surface area contributed by atoms with Crippen LogP contribution >= 0.6 is 0 Å². The molecule has 0 aromatic heterocycles. The van der Waals surface area contributed by atoms with Gasteiger partial charge in [-0.3, -0.25) is 0 Å². The smallest absolute Gasteiger partial charge is 0.350 e. The third-order valence-corrected chi connectivity index (χ3v) is 2.77. The zero-order chi connectivity index (χ0) is 15.8. The van der Waals surface area contributed by atoms with E-state index in [1.54, 1.807) is 36.4 Å². The molecule has 0 spiro atoms. The maximum atomic E-state index is 11.2. The molecule has 0 aliphatic rings. The number of rotatable bonds is 5. The highest BCUT2D eigenvalue weighted by atomic mass is 16.5. The standard InChI is InChI=1S/C18H13NO3/c19-13-16(18(20)21)17(22-15-9-5-2-6-10-15)12-11-14-7-3-1-4-8-14/h1-12H,(H,20,21). The summed E-state index contributed by atoms with van der Waals surface area (Å²) in [7, 11) is 0. The van der Waals surface area contributed by atoms with Crippen LogP contribution < -0.4 is 4.74 Å². The molecule has 4 heteroatoms. The fraction of sp³-hybridized carbons (Fsp3) is 0. The molecule has 1 N–H and O–H groups in total. The predicted octanol–water partition coefficient (Wildman–Crippen LogP) is 3.64. The Morgan fingerprint density at radius 1 is 1.05 bits per heavy atom. The molecular formula is C18H13NO3. The van der Waals surface area contributed by atoms with E-state index in [0.29, 0.717) is 5.75 Å². The Balaban J connectivity index is 2.36. The fourth-order valence-corrected chi connectivity index (χ4v) is 1.73. The van der Waals surface area contributed by atoms with Gasteiger partial charge in [0.2, 0.25) is 0 Å². The molecule has 0 saturated heterocycles. The van der Waals surface area contributed by atoms with Crippen LogP contribution in [-0.4, -0.2) is 11.1 Å². The predicted molar refractivity (Wildman–Crippen MR) is 82.8 cm³/mol. The van der Waals surface area contributed by atoms with E-state index in [1.165, 1.54) is 6.08 Å². The van der Waals surface area contributed by atoms with Gasteiger partial charge in [-0.1, -0.05) is 54.6 Å². The number of nitriles is 1. The topological polar surface area (TPSA) is 70.3 Å². The molecule has 0 aliphatic carbocycles. The lowest BCUT2D eigenvalue weighted by Gasteiger charge is -2.07. The number of nitrogens with zero attached hydrogens (tertiary/aromatic N) is 1. The van der Waals surface area contributed by atoms with E-state index in [1.807, 2.05) is 36.4 Å². The Kier molecular flexibility index (Phi) is 5.11. The first-order valence-corrected chi connectivity index (χ1v) is 6.54. The van der Waals surface area contributed by atoms with Crippen LogP contribution in [0.25, 0.3) is 6.08 Å². The molecule has 0 heterocycles. The van der Waals surface area contributed by atoms with Crippen molar-refractivity contribution < 1.29 is 14.6 Å². The summed E-state index contributed by atoms with van der Waals surface area (Å²) in [6, 6.07) is 19.7. The van der Waals surface area contributed by atoms with E-state index in [9.17, 15) is 4.79 Å². The number of para-hydroxylation sites is 1. The van der Waals surface area contributed by atoms with E-state index in [2.05, 4.69) is 0 Å². The van der Waals surface area contributed by atoms with Crippen LogP contribution in [0.2, 0.25) is 0 Å². The van der Waals surface area contributed by atoms with Crippen molar-refractivity contribution in [3.05, 3.63) is 83.6 Å². The first-order valence-electron chi connectivity index (χ1n) is 6.54. The molecule has 0 unspecified atom stereocenters. The number of allylic oxidation sites excluding steroid dienone is 1. The number of carboxylic acid groups (broad SMARTS) is 1. The largest absolute Gasteiger partial charge is 0.477 e. The molecule has 0 bridgehead atoms. The van der Waals surface area contributed by atoms with E-state index in [4.69, 9.17) is 15.1 Å². The highest BCUT2D eigenvalue weighted by Crippen LogP contribution is 2.17. The van der Waals surface area contributed by atoms with Crippen LogP contribution in [-0.2, 0) is 4.79 Å². The molecule has 2 rings (SSSR count). The minimum atomic E-state index is -1.33. The number of carbonyl (C=O) groups is 1. The van der Waals surface area contributed by atoms with Crippen molar-refractivity contribution in [3.63, 3.8) is 0 Å². The molecule has 0 fully saturated rings. The van der Waals surface area contributed by atoms with Crippen molar-refractivity contribution in [2.45, 2.75) is 0 Å². The summed E-state index contributed by atoms with van der Waals surface area (Å²) in [4.78, 5) is 11.2. The van der Waals surface area contributed by atoms with Crippen LogP contribution in [0, 0.1) is 11.3 Å². The summed E-state index contributed by atoms with van der Waals surface area (Å²) in [5.41, 5.74) is 0.426. The van der Waals surface area contributed by atoms with E-state index in [0.717, 1.165) is 5.56 Å². The average molecular weight is 291 g/mol. The number of carboxylic acids is 1. The maximum absolute atomic E-state index is 11.2. The SMILES string of the molecule is N#CC(C(=O)O)=C(C=Cc1ccccc1)Oc1ccccc1. The monoisotopic (exact) mass is 291 g/mol. The lowest BCUT2D eigenvalue weighted by atomic mass is 10.1. The minimum Gasteiger partial charge on any atom is -0.477 e. The van der Waals surface area contributed by atoms with E-state index >= 15 is 0 Å². The molecule has 22 heavy (non-hydrogen) atoms. The first-order chi connectivity index (χ1) is 10.7. The number of hydrogen-bond donors (Lipinski definition) is 1. The number of benzene rings is 2. The summed E-state index contributed by atoms with van der Waals surface area (Å²) < 4.78 is 5.54. The highest BCUT2D eigenvalue weighted by molar-refractivity contribution is 5.92. The fourth-order valence-electron chi connectivity index (χ4n) is 1.73. The van der Waals surface area contributed by atoms with Gasteiger partial charge in [0.25, 0.3) is 0 Å². The summed E-state index contributed by atoms with van der Waals surface area (Å²) >= 11 is 0. The van der Waals surface area contributed by atoms with Crippen LogP contribution in [0.3, 0.4) is 0 Å². The minimum absolute atomic E-state index is 0.00921. The molecule has 108 valence electrons. The first kappa shape index (κ1) is 15.1. The van der Waals surface area contributed by atoms with Gasteiger partial charge in [-0.2, -0.15) is 5.26 Å². The second-order valence-corrected chi connectivity index (χ2v) is 4.32. The number of aliphatic carboxylic acids is 1. The van der Waals surface area contributed by atoms with Crippen molar-refractivity contribution >= 4 is 12.0 Å². The van der Waals surface area contributed by atoms with Gasteiger partial charge in [-0.05, 0) is 23.8 Å². The van der Waals surface area contributed by atoms with Crippen molar-refractivity contribution in [1.82, 2.24) is 0 Å². The van der Waals surface area contributed by atoms with Gasteiger partial charge in [-0.25, -0.2) is 4.79 Å². The molecule has 0 radical (unpaired) electrons. The Morgan fingerprint density at radius 3 is 2.18 bits per heavy atom. The number of hydrogen-bond acceptors (Lipinski definition) is 3. The van der Waals surface area contributed by atoms with Gasteiger partial charge < -0.3 is 9.84 Å². The van der Waals surface area contributed by atoms with Crippen LogP contribution in [0.4, 0.5) is 0 Å². The zero-order valence-corrected chi connectivity index (χ0v) is 11.6. The maximum Gasteiger partial charge on any atom is 0.350 e. The Hall–Kier alpha value is -3.32. The van der Waals surface area contributed by atoms with Gasteiger partial charge in [0.05, 0.1) is 0 Å². The van der Waals surface area contributed by atoms with Crippen LogP contribution in [0.15, 0.2) is 78.1 Å². The van der Waals surface area contributed by atoms with Crippen molar-refractivity contribution in [3.8, 4) is 11.8 Å². The summed E-state index contributed by atoms with van der Waals surface area (Å²) in [5.74, 6) is -0.875.